The molecule has 0 atom stereocenters. The second kappa shape index (κ2) is 4.20. The van der Waals surface area contributed by atoms with E-state index < -0.39 is 0 Å². The molecule has 6 heteroatoms. The van der Waals surface area contributed by atoms with E-state index in [9.17, 15) is 0 Å². The van der Waals surface area contributed by atoms with Crippen molar-refractivity contribution in [2.45, 2.75) is 6.54 Å². The summed E-state index contributed by atoms with van der Waals surface area (Å²) in [6.45, 7) is 1.29. The highest BCUT2D eigenvalue weighted by molar-refractivity contribution is 9.10. The molecule has 0 spiro atoms. The highest BCUT2D eigenvalue weighted by Gasteiger charge is 2.05. The van der Waals surface area contributed by atoms with Gasteiger partial charge in [0.1, 0.15) is 5.69 Å². The predicted molar refractivity (Wildman–Crippen MR) is 60.1 cm³/mol. The lowest BCUT2D eigenvalue weighted by Gasteiger charge is -1.92. The third kappa shape index (κ3) is 2.02. The molecule has 2 aromatic heterocycles. The summed E-state index contributed by atoms with van der Waals surface area (Å²) in [6.07, 6.45) is 1.91. The van der Waals surface area contributed by atoms with Gasteiger partial charge in [0.15, 0.2) is 0 Å². The number of hydrogen-bond donors (Lipinski definition) is 1. The largest absolute Gasteiger partial charge is 0.329 e. The van der Waals surface area contributed by atoms with Crippen LogP contribution in [-0.4, -0.2) is 21.5 Å². The maximum Gasteiger partial charge on any atom is 0.123 e. The van der Waals surface area contributed by atoms with E-state index in [1.807, 2.05) is 17.6 Å². The van der Waals surface area contributed by atoms with Gasteiger partial charge in [-0.15, -0.1) is 16.4 Å². The molecule has 0 saturated carbocycles. The summed E-state index contributed by atoms with van der Waals surface area (Å²) in [5.41, 5.74) is 6.32. The van der Waals surface area contributed by atoms with Crippen LogP contribution in [0.2, 0.25) is 0 Å². The second-order valence-corrected chi connectivity index (χ2v) is 4.61. The molecule has 2 heterocycles. The number of thiophene rings is 1. The van der Waals surface area contributed by atoms with Crippen molar-refractivity contribution in [2.75, 3.05) is 6.54 Å². The lowest BCUT2D eigenvalue weighted by atomic mass is 10.4. The number of hydrogen-bond acceptors (Lipinski definition) is 4. The van der Waals surface area contributed by atoms with Crippen LogP contribution in [0, 0.1) is 0 Å². The molecule has 0 fully saturated rings. The Morgan fingerprint density at radius 1 is 1.57 bits per heavy atom. The maximum absolute atomic E-state index is 5.42. The van der Waals surface area contributed by atoms with Crippen LogP contribution in [0.3, 0.4) is 0 Å². The molecule has 4 nitrogen and oxygen atoms in total. The Bertz CT molecular complexity index is 422. The van der Waals surface area contributed by atoms with Crippen LogP contribution in [0.5, 0.6) is 0 Å². The molecule has 2 N–H and O–H groups in total. The van der Waals surface area contributed by atoms with Crippen molar-refractivity contribution in [3.63, 3.8) is 0 Å². The summed E-state index contributed by atoms with van der Waals surface area (Å²) in [4.78, 5) is 1.11. The summed E-state index contributed by atoms with van der Waals surface area (Å²) in [5.74, 6) is 0. The van der Waals surface area contributed by atoms with Crippen molar-refractivity contribution in [1.29, 1.82) is 0 Å². The van der Waals surface area contributed by atoms with E-state index in [2.05, 4.69) is 26.2 Å². The van der Waals surface area contributed by atoms with Gasteiger partial charge in [-0.2, -0.15) is 0 Å². The van der Waals surface area contributed by atoms with Crippen molar-refractivity contribution in [3.8, 4) is 10.6 Å². The zero-order chi connectivity index (χ0) is 9.97. The minimum Gasteiger partial charge on any atom is -0.329 e. The normalized spacial score (nSPS) is 10.7. The number of halogens is 1. The van der Waals surface area contributed by atoms with Crippen molar-refractivity contribution in [3.05, 3.63) is 22.1 Å². The Balaban J connectivity index is 2.24. The quantitative estimate of drug-likeness (QED) is 0.926. The molecule has 0 radical (unpaired) electrons. The van der Waals surface area contributed by atoms with E-state index in [0.29, 0.717) is 13.1 Å². The lowest BCUT2D eigenvalue weighted by Crippen LogP contribution is -2.10. The monoisotopic (exact) mass is 272 g/mol. The first kappa shape index (κ1) is 9.82. The molecule has 0 amide bonds. The van der Waals surface area contributed by atoms with Crippen molar-refractivity contribution in [1.82, 2.24) is 15.0 Å². The topological polar surface area (TPSA) is 56.7 Å². The molecule has 0 aliphatic rings. The van der Waals surface area contributed by atoms with E-state index in [4.69, 9.17) is 5.73 Å². The Morgan fingerprint density at radius 2 is 2.43 bits per heavy atom. The molecular formula is C8H9BrN4S. The highest BCUT2D eigenvalue weighted by Crippen LogP contribution is 2.27. The number of rotatable bonds is 3. The van der Waals surface area contributed by atoms with E-state index in [-0.39, 0.29) is 0 Å². The third-order valence-corrected chi connectivity index (χ3v) is 3.43. The van der Waals surface area contributed by atoms with Gasteiger partial charge in [0.2, 0.25) is 0 Å². The third-order valence-electron chi connectivity index (χ3n) is 1.72. The van der Waals surface area contributed by atoms with Gasteiger partial charge in [0, 0.05) is 16.4 Å². The summed E-state index contributed by atoms with van der Waals surface area (Å²) < 4.78 is 2.83. The molecule has 14 heavy (non-hydrogen) atoms. The van der Waals surface area contributed by atoms with Gasteiger partial charge < -0.3 is 5.73 Å². The fourth-order valence-corrected chi connectivity index (χ4v) is 2.48. The molecule has 2 aromatic rings. The van der Waals surface area contributed by atoms with Crippen molar-refractivity contribution in [2.24, 2.45) is 5.73 Å². The SMILES string of the molecule is NCCn1cc(-c2cc(Br)cs2)nn1. The standard InChI is InChI=1S/C8H9BrN4S/c9-6-3-8(14-5-6)7-4-13(2-1-10)12-11-7/h3-5H,1-2,10H2. The lowest BCUT2D eigenvalue weighted by molar-refractivity contribution is 0.598. The van der Waals surface area contributed by atoms with Crippen LogP contribution in [-0.2, 0) is 6.54 Å². The van der Waals surface area contributed by atoms with Gasteiger partial charge in [0.05, 0.1) is 17.6 Å². The summed E-state index contributed by atoms with van der Waals surface area (Å²) >= 11 is 5.04. The first-order chi connectivity index (χ1) is 6.79. The Kier molecular flexibility index (Phi) is 2.95. The average molecular weight is 273 g/mol. The van der Waals surface area contributed by atoms with Crippen LogP contribution in [0.15, 0.2) is 22.1 Å². The van der Waals surface area contributed by atoms with Gasteiger partial charge in [-0.1, -0.05) is 5.21 Å². The minimum atomic E-state index is 0.580. The molecular weight excluding hydrogens is 264 g/mol. The fraction of sp³-hybridized carbons (Fsp3) is 0.250. The van der Waals surface area contributed by atoms with Gasteiger partial charge in [-0.3, -0.25) is 4.68 Å². The van der Waals surface area contributed by atoms with Gasteiger partial charge in [-0.25, -0.2) is 0 Å². The Morgan fingerprint density at radius 3 is 3.07 bits per heavy atom. The number of aromatic nitrogens is 3. The molecule has 0 aliphatic heterocycles. The first-order valence-corrected chi connectivity index (χ1v) is 5.81. The molecule has 0 aromatic carbocycles. The first-order valence-electron chi connectivity index (χ1n) is 4.14. The minimum absolute atomic E-state index is 0.580. The van der Waals surface area contributed by atoms with Crippen LogP contribution < -0.4 is 5.73 Å². The molecule has 0 unspecified atom stereocenters. The predicted octanol–water partition coefficient (Wildman–Crippen LogP) is 1.73. The molecule has 74 valence electrons. The van der Waals surface area contributed by atoms with Crippen LogP contribution >= 0.6 is 27.3 Å². The zero-order valence-corrected chi connectivity index (χ0v) is 9.75. The van der Waals surface area contributed by atoms with Crippen LogP contribution in [0.4, 0.5) is 0 Å². The number of nitrogens with two attached hydrogens (primary N) is 1. The van der Waals surface area contributed by atoms with Gasteiger partial charge in [0.25, 0.3) is 0 Å². The summed E-state index contributed by atoms with van der Waals surface area (Å²) in [6, 6.07) is 2.03. The summed E-state index contributed by atoms with van der Waals surface area (Å²) in [7, 11) is 0. The summed E-state index contributed by atoms with van der Waals surface area (Å²) in [5, 5.41) is 10.1. The maximum atomic E-state index is 5.42. The molecule has 2 rings (SSSR count). The molecule has 0 bridgehead atoms. The van der Waals surface area contributed by atoms with E-state index in [0.717, 1.165) is 15.0 Å². The van der Waals surface area contributed by atoms with Crippen LogP contribution in [0.1, 0.15) is 0 Å². The van der Waals surface area contributed by atoms with Gasteiger partial charge in [-0.05, 0) is 22.0 Å². The molecule has 0 aliphatic carbocycles. The van der Waals surface area contributed by atoms with E-state index in [1.54, 1.807) is 16.0 Å². The van der Waals surface area contributed by atoms with E-state index >= 15 is 0 Å². The second-order valence-electron chi connectivity index (χ2n) is 2.78. The van der Waals surface area contributed by atoms with Gasteiger partial charge >= 0.3 is 0 Å². The Hall–Kier alpha value is -0.720. The van der Waals surface area contributed by atoms with Crippen LogP contribution in [0.25, 0.3) is 10.6 Å². The van der Waals surface area contributed by atoms with Crippen molar-refractivity contribution >= 4 is 27.3 Å². The van der Waals surface area contributed by atoms with Crippen molar-refractivity contribution < 1.29 is 0 Å². The zero-order valence-electron chi connectivity index (χ0n) is 7.35. The average Bonchev–Trinajstić information content (AvgIpc) is 2.74. The highest BCUT2D eigenvalue weighted by atomic mass is 79.9. The fourth-order valence-electron chi connectivity index (χ4n) is 1.10. The smallest absolute Gasteiger partial charge is 0.123 e. The molecule has 0 saturated heterocycles. The number of nitrogens with zero attached hydrogens (tertiary/aromatic N) is 3. The Labute approximate surface area is 93.9 Å². The van der Waals surface area contributed by atoms with E-state index in [1.165, 1.54) is 0 Å².